The summed E-state index contributed by atoms with van der Waals surface area (Å²) in [5.74, 6) is -1.89. The third-order valence-corrected chi connectivity index (χ3v) is 9.59. The maximum Gasteiger partial charge on any atom is 0.259 e. The molecule has 0 aliphatic carbocycles. The van der Waals surface area contributed by atoms with Gasteiger partial charge in [-0.05, 0) is 85.1 Å². The molecule has 6 rings (SSSR count). The Morgan fingerprint density at radius 1 is 0.917 bits per heavy atom. The molecule has 248 valence electrons. The van der Waals surface area contributed by atoms with E-state index in [9.17, 15) is 19.8 Å². The van der Waals surface area contributed by atoms with Crippen molar-refractivity contribution in [3.8, 4) is 28.9 Å². The molecule has 3 aromatic carbocycles. The summed E-state index contributed by atoms with van der Waals surface area (Å²) in [7, 11) is 1.60. The first-order valence-corrected chi connectivity index (χ1v) is 16.6. The van der Waals surface area contributed by atoms with Gasteiger partial charge in [0.05, 0.1) is 37.4 Å². The zero-order chi connectivity index (χ0) is 34.2. The van der Waals surface area contributed by atoms with Crippen molar-refractivity contribution >= 4 is 24.4 Å². The van der Waals surface area contributed by atoms with Crippen molar-refractivity contribution in [1.82, 2.24) is 19.1 Å². The number of nitrogens with one attached hydrogen (secondary N) is 3. The molecular formula is C36H37N5O5S2. The van der Waals surface area contributed by atoms with E-state index in [1.165, 1.54) is 14.0 Å². The number of nitrogens with zero attached hydrogens (tertiary/aromatic N) is 2. The molecule has 0 bridgehead atoms. The molecule has 1 saturated heterocycles. The second-order valence-corrected chi connectivity index (χ2v) is 13.7. The molecule has 10 nitrogen and oxygen atoms in total. The van der Waals surface area contributed by atoms with E-state index in [4.69, 9.17) is 29.2 Å². The number of hydrogen-bond acceptors (Lipinski definition) is 7. The quantitative estimate of drug-likeness (QED) is 0.180. The first kappa shape index (κ1) is 33.1. The van der Waals surface area contributed by atoms with Crippen LogP contribution >= 0.6 is 24.4 Å². The van der Waals surface area contributed by atoms with Crippen LogP contribution in [0.1, 0.15) is 54.9 Å². The molecule has 2 atom stereocenters. The fourth-order valence-corrected chi connectivity index (χ4v) is 7.46. The topological polar surface area (TPSA) is 133 Å². The number of para-hydroxylation sites is 2. The maximum atomic E-state index is 14.5. The molecule has 48 heavy (non-hydrogen) atoms. The van der Waals surface area contributed by atoms with Gasteiger partial charge in [-0.1, -0.05) is 56.3 Å². The highest BCUT2D eigenvalue weighted by molar-refractivity contribution is 7.71. The molecule has 0 saturated carbocycles. The van der Waals surface area contributed by atoms with Crippen molar-refractivity contribution in [3.05, 3.63) is 131 Å². The minimum atomic E-state index is -1.32. The van der Waals surface area contributed by atoms with Gasteiger partial charge in [-0.15, -0.1) is 0 Å². The smallest absolute Gasteiger partial charge is 0.259 e. The summed E-state index contributed by atoms with van der Waals surface area (Å²) < 4.78 is 8.17. The molecule has 0 radical (unpaired) electrons. The van der Waals surface area contributed by atoms with Crippen LogP contribution in [0.4, 0.5) is 0 Å². The molecule has 1 aliphatic rings. The molecule has 1 aliphatic heterocycles. The highest BCUT2D eigenvalue weighted by atomic mass is 32.1. The zero-order valence-electron chi connectivity index (χ0n) is 26.9. The summed E-state index contributed by atoms with van der Waals surface area (Å²) >= 11 is 10.9. The minimum absolute atomic E-state index is 0.0468. The van der Waals surface area contributed by atoms with Gasteiger partial charge in [-0.3, -0.25) is 24.1 Å². The van der Waals surface area contributed by atoms with Crippen LogP contribution in [0.3, 0.4) is 0 Å². The van der Waals surface area contributed by atoms with E-state index in [1.54, 1.807) is 73.8 Å². The van der Waals surface area contributed by atoms with Crippen molar-refractivity contribution in [2.45, 2.75) is 39.2 Å². The number of aromatic hydroxyl groups is 1. The van der Waals surface area contributed by atoms with Crippen LogP contribution in [0, 0.1) is 15.0 Å². The standard InChI is InChI=1S/C36H37N5O5S2/c1-36(2)17-10-18-39(21-36)20-23-19-22(15-16-26(23)46-3)27(28-30(42)37-34(47)40(32(28)44)24-11-6-4-7-12-24)29-31(43)38-35(48)41(33(29)45)25-13-8-5-9-14-25/h4-9,11-16,19,27,44-45H,10,17-18,20-21H2,1-3H3,(H,37,42,47)(H,38,43,48). The SMILES string of the molecule is COc1ccc(C(c2c([O-])n(-c3ccccc3)c(=S)[nH]c2=O)c2c(O)n(-c3ccccc3)c(=S)[nH]c2=O)cc1C[NH+]1CCCC(C)(C)C1. The van der Waals surface area contributed by atoms with Crippen LogP contribution in [0.25, 0.3) is 11.4 Å². The van der Waals surface area contributed by atoms with Crippen LogP contribution in [0.5, 0.6) is 17.5 Å². The normalized spacial score (nSPS) is 16.4. The Bertz CT molecular complexity index is 2090. The lowest BCUT2D eigenvalue weighted by atomic mass is 9.83. The Labute approximate surface area is 287 Å². The van der Waals surface area contributed by atoms with Gasteiger partial charge in [0.15, 0.2) is 9.54 Å². The Morgan fingerprint density at radius 2 is 1.50 bits per heavy atom. The largest absolute Gasteiger partial charge is 0.859 e. The lowest BCUT2D eigenvalue weighted by Gasteiger charge is -2.35. The number of ether oxygens (including phenoxy) is 1. The first-order valence-electron chi connectivity index (χ1n) is 15.7. The fourth-order valence-electron chi connectivity index (χ4n) is 6.90. The lowest BCUT2D eigenvalue weighted by Crippen LogP contribution is -3.13. The highest BCUT2D eigenvalue weighted by Gasteiger charge is 2.33. The molecule has 0 spiro atoms. The van der Waals surface area contributed by atoms with Crippen molar-refractivity contribution in [3.63, 3.8) is 0 Å². The predicted octanol–water partition coefficient (Wildman–Crippen LogP) is 4.28. The van der Waals surface area contributed by atoms with Crippen LogP contribution in [0.2, 0.25) is 0 Å². The van der Waals surface area contributed by atoms with E-state index in [1.807, 2.05) is 12.1 Å². The summed E-state index contributed by atoms with van der Waals surface area (Å²) in [6.45, 7) is 7.11. The Morgan fingerprint density at radius 3 is 2.10 bits per heavy atom. The van der Waals surface area contributed by atoms with Crippen molar-refractivity contribution < 1.29 is 19.8 Å². The molecule has 2 unspecified atom stereocenters. The zero-order valence-corrected chi connectivity index (χ0v) is 28.5. The first-order chi connectivity index (χ1) is 23.0. The highest BCUT2D eigenvalue weighted by Crippen LogP contribution is 2.39. The van der Waals surface area contributed by atoms with E-state index < -0.39 is 28.8 Å². The minimum Gasteiger partial charge on any atom is -0.859 e. The molecule has 0 amide bonds. The van der Waals surface area contributed by atoms with Crippen molar-refractivity contribution in [2.75, 3.05) is 20.2 Å². The molecule has 2 aromatic heterocycles. The van der Waals surface area contributed by atoms with Gasteiger partial charge < -0.3 is 24.4 Å². The molecule has 12 heteroatoms. The number of H-pyrrole nitrogens is 2. The van der Waals surface area contributed by atoms with Crippen molar-refractivity contribution in [1.29, 1.82) is 0 Å². The van der Waals surface area contributed by atoms with Gasteiger partial charge in [0.2, 0.25) is 5.88 Å². The van der Waals surface area contributed by atoms with Gasteiger partial charge >= 0.3 is 0 Å². The van der Waals surface area contributed by atoms with Crippen LogP contribution in [-0.2, 0) is 6.54 Å². The molecule has 5 aromatic rings. The number of aromatic amines is 2. The number of benzene rings is 3. The number of rotatable bonds is 8. The summed E-state index contributed by atoms with van der Waals surface area (Å²) in [6, 6.07) is 22.8. The Hall–Kier alpha value is -4.78. The monoisotopic (exact) mass is 683 g/mol. The van der Waals surface area contributed by atoms with E-state index in [-0.39, 0.29) is 26.1 Å². The summed E-state index contributed by atoms with van der Waals surface area (Å²) in [6.07, 6.45) is 2.23. The molecule has 4 N–H and O–H groups in total. The molecular weight excluding hydrogens is 647 g/mol. The van der Waals surface area contributed by atoms with Crippen LogP contribution in [-0.4, -0.2) is 44.4 Å². The average Bonchev–Trinajstić information content (AvgIpc) is 3.04. The Balaban J connectivity index is 1.64. The number of aromatic nitrogens is 4. The third-order valence-electron chi connectivity index (χ3n) is 9.02. The number of likely N-dealkylation sites (tertiary alicyclic amines) is 1. The van der Waals surface area contributed by atoms with Gasteiger partial charge in [0, 0.05) is 22.2 Å². The third kappa shape index (κ3) is 6.38. The van der Waals surface area contributed by atoms with Crippen LogP contribution in [0.15, 0.2) is 88.5 Å². The van der Waals surface area contributed by atoms with Crippen LogP contribution < -0.4 is 25.9 Å². The van der Waals surface area contributed by atoms with Gasteiger partial charge in [0.1, 0.15) is 12.3 Å². The van der Waals surface area contributed by atoms with Gasteiger partial charge in [-0.2, -0.15) is 0 Å². The van der Waals surface area contributed by atoms with E-state index in [2.05, 4.69) is 23.8 Å². The summed E-state index contributed by atoms with van der Waals surface area (Å²) in [5.41, 5.74) is 0.393. The number of methoxy groups -OCH3 is 1. The lowest BCUT2D eigenvalue weighted by molar-refractivity contribution is -0.925. The molecule has 1 fully saturated rings. The van der Waals surface area contributed by atoms with Crippen molar-refractivity contribution in [2.24, 2.45) is 5.41 Å². The van der Waals surface area contributed by atoms with E-state index in [0.29, 0.717) is 29.2 Å². The second kappa shape index (κ2) is 13.4. The fraction of sp³-hybridized carbons (Fsp3) is 0.278. The predicted molar refractivity (Wildman–Crippen MR) is 187 cm³/mol. The number of quaternary nitrogens is 1. The Kier molecular flexibility index (Phi) is 9.24. The maximum absolute atomic E-state index is 14.5. The average molecular weight is 684 g/mol. The summed E-state index contributed by atoms with van der Waals surface area (Å²) in [4.78, 5) is 34.5. The molecule has 3 heterocycles. The number of hydrogen-bond donors (Lipinski definition) is 4. The summed E-state index contributed by atoms with van der Waals surface area (Å²) in [5, 5.41) is 26.4. The van der Waals surface area contributed by atoms with E-state index in [0.717, 1.165) is 31.5 Å². The van der Waals surface area contributed by atoms with E-state index >= 15 is 0 Å². The van der Waals surface area contributed by atoms with Gasteiger partial charge in [-0.25, -0.2) is 0 Å². The number of piperidine rings is 1. The second-order valence-electron chi connectivity index (χ2n) is 12.9. The van der Waals surface area contributed by atoms with Gasteiger partial charge in [0.25, 0.3) is 11.1 Å².